The Morgan fingerprint density at radius 1 is 1.14 bits per heavy atom. The van der Waals surface area contributed by atoms with Crippen LogP contribution >= 0.6 is 0 Å². The molecule has 0 rings (SSSR count). The van der Waals surface area contributed by atoms with Crippen LogP contribution in [-0.2, 0) is 19.3 Å². The molecule has 0 aliphatic carbocycles. The number of aliphatic hydroxyl groups is 1. The van der Waals surface area contributed by atoms with E-state index in [1.54, 1.807) is 0 Å². The van der Waals surface area contributed by atoms with Crippen LogP contribution in [-0.4, -0.2) is 94.5 Å². The molecular formula is C6H11NNa2O5. The Balaban J connectivity index is -0.000000605. The number of nitrogens with zero attached hydrogens (tertiary/aromatic N) is 1. The van der Waals surface area contributed by atoms with Crippen molar-refractivity contribution in [1.82, 2.24) is 5.23 Å². The van der Waals surface area contributed by atoms with Crippen molar-refractivity contribution in [2.75, 3.05) is 13.2 Å². The van der Waals surface area contributed by atoms with E-state index in [9.17, 15) is 9.59 Å². The third-order valence-corrected chi connectivity index (χ3v) is 0.743. The van der Waals surface area contributed by atoms with Crippen LogP contribution in [0.2, 0.25) is 0 Å². The first-order valence-electron chi connectivity index (χ1n) is 3.31. The predicted octanol–water partition coefficient (Wildman–Crippen LogP) is -1.52. The molecular weight excluding hydrogens is 212 g/mol. The Morgan fingerprint density at radius 2 is 1.50 bits per heavy atom. The number of hydrogen-bond acceptors (Lipinski definition) is 6. The summed E-state index contributed by atoms with van der Waals surface area (Å²) in [5.74, 6) is -1.24. The van der Waals surface area contributed by atoms with Gasteiger partial charge in [0.2, 0.25) is 0 Å². The molecule has 72 valence electrons. The second-order valence-corrected chi connectivity index (χ2v) is 1.95. The summed E-state index contributed by atoms with van der Waals surface area (Å²) in [7, 11) is 0. The zero-order valence-corrected chi connectivity index (χ0v) is 12.9. The van der Waals surface area contributed by atoms with Gasteiger partial charge in [-0.1, -0.05) is 0 Å². The van der Waals surface area contributed by atoms with E-state index in [2.05, 4.69) is 9.68 Å². The fourth-order valence-electron chi connectivity index (χ4n) is 0.478. The first-order chi connectivity index (χ1) is 5.56. The second kappa shape index (κ2) is 11.9. The molecule has 2 radical (unpaired) electrons. The summed E-state index contributed by atoms with van der Waals surface area (Å²) in [5, 5.41) is 9.07. The summed E-state index contributed by atoms with van der Waals surface area (Å²) in [6, 6.07) is 0. The van der Waals surface area contributed by atoms with E-state index in [4.69, 9.17) is 5.11 Å². The van der Waals surface area contributed by atoms with Crippen LogP contribution in [0.3, 0.4) is 0 Å². The summed E-state index contributed by atoms with van der Waals surface area (Å²) in [5.41, 5.74) is 0. The normalized spacial score (nSPS) is 8.29. The van der Waals surface area contributed by atoms with Crippen LogP contribution < -0.4 is 0 Å². The van der Waals surface area contributed by atoms with Crippen molar-refractivity contribution in [3.8, 4) is 0 Å². The van der Waals surface area contributed by atoms with E-state index < -0.39 is 11.9 Å². The van der Waals surface area contributed by atoms with Gasteiger partial charge in [-0.15, -0.1) is 0 Å². The fourth-order valence-corrected chi connectivity index (χ4v) is 0.478. The van der Waals surface area contributed by atoms with Gasteiger partial charge >= 0.3 is 11.9 Å². The number of aliphatic hydroxyl groups excluding tert-OH is 1. The Bertz CT molecular complexity index is 162. The van der Waals surface area contributed by atoms with Crippen molar-refractivity contribution in [3.63, 3.8) is 0 Å². The maximum Gasteiger partial charge on any atom is 0.326 e. The molecule has 0 aromatic carbocycles. The first-order valence-corrected chi connectivity index (χ1v) is 3.31. The van der Waals surface area contributed by atoms with Crippen molar-refractivity contribution in [1.29, 1.82) is 0 Å². The Kier molecular flexibility index (Phi) is 17.3. The molecule has 0 amide bonds. The summed E-state index contributed by atoms with van der Waals surface area (Å²) in [6.07, 6.45) is 0. The van der Waals surface area contributed by atoms with E-state index in [0.717, 1.165) is 13.8 Å². The fraction of sp³-hybridized carbons (Fsp3) is 0.667. The monoisotopic (exact) mass is 223 g/mol. The molecule has 0 aliphatic rings. The topological polar surface area (TPSA) is 76.1 Å². The largest absolute Gasteiger partial charge is 0.395 e. The molecule has 0 bridgehead atoms. The van der Waals surface area contributed by atoms with Crippen LogP contribution in [0, 0.1) is 0 Å². The number of hydrogen-bond donors (Lipinski definition) is 1. The number of carbonyl (C=O) groups is 2. The van der Waals surface area contributed by atoms with Gasteiger partial charge in [0.25, 0.3) is 0 Å². The minimum atomic E-state index is -0.621. The van der Waals surface area contributed by atoms with Gasteiger partial charge in [0.05, 0.1) is 13.2 Å². The number of rotatable bonds is 4. The minimum absolute atomic E-state index is 0. The number of carbonyl (C=O) groups excluding carboxylic acids is 2. The molecule has 0 atom stereocenters. The quantitative estimate of drug-likeness (QED) is 0.460. The smallest absolute Gasteiger partial charge is 0.326 e. The van der Waals surface area contributed by atoms with Gasteiger partial charge in [0, 0.05) is 78.2 Å². The van der Waals surface area contributed by atoms with Gasteiger partial charge < -0.3 is 14.8 Å². The number of hydroxylamine groups is 2. The maximum atomic E-state index is 10.4. The predicted molar refractivity (Wildman–Crippen MR) is 48.8 cm³/mol. The second-order valence-electron chi connectivity index (χ2n) is 1.95. The molecule has 1 N–H and O–H groups in total. The molecule has 0 aliphatic heterocycles. The molecule has 0 aromatic heterocycles. The van der Waals surface area contributed by atoms with Crippen LogP contribution in [0.5, 0.6) is 0 Å². The average molecular weight is 223 g/mol. The van der Waals surface area contributed by atoms with Gasteiger partial charge in [-0.05, 0) is 0 Å². The Hall–Kier alpha value is 0.860. The molecule has 0 heterocycles. The summed E-state index contributed by atoms with van der Waals surface area (Å²) < 4.78 is 0. The van der Waals surface area contributed by atoms with Gasteiger partial charge in [0.1, 0.15) is 0 Å². The van der Waals surface area contributed by atoms with E-state index in [1.807, 2.05) is 0 Å². The zero-order chi connectivity index (χ0) is 9.56. The molecule has 0 spiro atoms. The van der Waals surface area contributed by atoms with Gasteiger partial charge in [-0.25, -0.2) is 0 Å². The molecule has 0 saturated heterocycles. The van der Waals surface area contributed by atoms with Crippen molar-refractivity contribution < 1.29 is 24.4 Å². The van der Waals surface area contributed by atoms with Crippen molar-refractivity contribution in [2.24, 2.45) is 0 Å². The SMILES string of the molecule is CC(=O)ON(CCO)OC(C)=O.[Na].[Na]. The van der Waals surface area contributed by atoms with Crippen LogP contribution in [0.25, 0.3) is 0 Å². The Labute approximate surface area is 126 Å². The minimum Gasteiger partial charge on any atom is -0.395 e. The van der Waals surface area contributed by atoms with Crippen molar-refractivity contribution in [2.45, 2.75) is 13.8 Å². The van der Waals surface area contributed by atoms with E-state index in [1.165, 1.54) is 0 Å². The standard InChI is InChI=1S/C6H11NO5.2Na/c1-5(9)11-7(3-4-8)12-6(2)10;;/h8H,3-4H2,1-2H3;;. The molecule has 6 nitrogen and oxygen atoms in total. The molecule has 14 heavy (non-hydrogen) atoms. The zero-order valence-electron chi connectivity index (χ0n) is 8.94. The maximum absolute atomic E-state index is 10.4. The van der Waals surface area contributed by atoms with E-state index in [-0.39, 0.29) is 72.3 Å². The molecule has 0 fully saturated rings. The summed E-state index contributed by atoms with van der Waals surface area (Å²) in [4.78, 5) is 29.5. The van der Waals surface area contributed by atoms with Crippen molar-refractivity contribution >= 4 is 71.1 Å². The third-order valence-electron chi connectivity index (χ3n) is 0.743. The van der Waals surface area contributed by atoms with Gasteiger partial charge in [-0.3, -0.25) is 9.59 Å². The summed E-state index contributed by atoms with van der Waals surface area (Å²) >= 11 is 0. The first kappa shape index (κ1) is 20.3. The van der Waals surface area contributed by atoms with Crippen LogP contribution in [0.1, 0.15) is 13.8 Å². The third kappa shape index (κ3) is 12.9. The van der Waals surface area contributed by atoms with E-state index in [0.29, 0.717) is 5.23 Å². The average Bonchev–Trinajstić information content (AvgIpc) is 1.84. The Morgan fingerprint density at radius 3 is 1.71 bits per heavy atom. The van der Waals surface area contributed by atoms with Gasteiger partial charge in [-0.2, -0.15) is 0 Å². The van der Waals surface area contributed by atoms with Crippen LogP contribution in [0.4, 0.5) is 0 Å². The van der Waals surface area contributed by atoms with E-state index >= 15 is 0 Å². The van der Waals surface area contributed by atoms with Crippen molar-refractivity contribution in [3.05, 3.63) is 0 Å². The summed E-state index contributed by atoms with van der Waals surface area (Å²) in [6.45, 7) is 1.97. The van der Waals surface area contributed by atoms with Gasteiger partial charge in [0.15, 0.2) is 0 Å². The molecule has 0 unspecified atom stereocenters. The molecule has 0 aromatic rings. The molecule has 0 saturated carbocycles. The molecule has 8 heteroatoms. The van der Waals surface area contributed by atoms with Crippen LogP contribution in [0.15, 0.2) is 0 Å².